The Morgan fingerprint density at radius 3 is 2.88 bits per heavy atom. The smallest absolute Gasteiger partial charge is 0.317 e. The lowest BCUT2D eigenvalue weighted by Crippen LogP contribution is -2.54. The van der Waals surface area contributed by atoms with Gasteiger partial charge in [0.2, 0.25) is 0 Å². The molecule has 0 unspecified atom stereocenters. The number of carbonyl (C=O) groups excluding carboxylic acids is 1. The van der Waals surface area contributed by atoms with Crippen molar-refractivity contribution in [3.63, 3.8) is 0 Å². The maximum absolute atomic E-state index is 12.0. The molecular weight excluding hydrogens is 318 g/mol. The summed E-state index contributed by atoms with van der Waals surface area (Å²) in [6, 6.07) is 8.52. The Kier molecular flexibility index (Phi) is 4.53. The van der Waals surface area contributed by atoms with Crippen LogP contribution in [0.15, 0.2) is 28.7 Å². The van der Waals surface area contributed by atoms with Crippen LogP contribution in [0.1, 0.15) is 25.0 Å². The summed E-state index contributed by atoms with van der Waals surface area (Å²) >= 11 is 0. The van der Waals surface area contributed by atoms with Gasteiger partial charge in [0.15, 0.2) is 11.3 Å². The number of amides is 2. The Hall–Kier alpha value is -2.21. The number of hydrogen-bond acceptors (Lipinski definition) is 4. The number of fused-ring (bicyclic) bond motifs is 1. The first kappa shape index (κ1) is 16.3. The third-order valence-electron chi connectivity index (χ3n) is 5.27. The molecule has 2 amide bonds. The fraction of sp³-hybridized carbons (Fsp3) is 0.526. The van der Waals surface area contributed by atoms with Gasteiger partial charge < -0.3 is 19.4 Å². The molecule has 0 saturated carbocycles. The number of ether oxygens (including phenoxy) is 1. The zero-order valence-corrected chi connectivity index (χ0v) is 14.7. The van der Waals surface area contributed by atoms with Crippen LogP contribution in [-0.2, 0) is 6.54 Å². The molecule has 2 aliphatic heterocycles. The van der Waals surface area contributed by atoms with Crippen molar-refractivity contribution >= 4 is 17.0 Å². The summed E-state index contributed by atoms with van der Waals surface area (Å²) in [4.78, 5) is 16.4. The van der Waals surface area contributed by atoms with Gasteiger partial charge in [0.05, 0.1) is 13.7 Å². The summed E-state index contributed by atoms with van der Waals surface area (Å²) in [7, 11) is 1.67. The molecule has 0 bridgehead atoms. The monoisotopic (exact) mass is 343 g/mol. The number of para-hydroxylation sites is 1. The lowest BCUT2D eigenvalue weighted by molar-refractivity contribution is 0.106. The van der Waals surface area contributed by atoms with E-state index in [1.807, 2.05) is 23.1 Å². The lowest BCUT2D eigenvalue weighted by Gasteiger charge is -2.40. The first-order chi connectivity index (χ1) is 12.2. The van der Waals surface area contributed by atoms with Crippen LogP contribution in [0.25, 0.3) is 11.0 Å². The molecule has 2 aliphatic rings. The number of benzene rings is 1. The fourth-order valence-corrected chi connectivity index (χ4v) is 3.93. The second-order valence-corrected chi connectivity index (χ2v) is 6.88. The number of rotatable bonds is 4. The van der Waals surface area contributed by atoms with E-state index in [2.05, 4.69) is 16.3 Å². The quantitative estimate of drug-likeness (QED) is 0.927. The van der Waals surface area contributed by atoms with Crippen LogP contribution in [0, 0.1) is 0 Å². The minimum absolute atomic E-state index is 0.106. The van der Waals surface area contributed by atoms with Crippen molar-refractivity contribution in [1.29, 1.82) is 0 Å². The number of hydrogen-bond donors (Lipinski definition) is 1. The SMILES string of the molecule is COc1cccc2cc(CN3CCC(N4CCCNC4=O)CC3)oc12. The molecule has 0 aliphatic carbocycles. The maximum atomic E-state index is 12.0. The summed E-state index contributed by atoms with van der Waals surface area (Å²) in [6.45, 7) is 4.48. The lowest BCUT2D eigenvalue weighted by atomic mass is 10.0. The predicted molar refractivity (Wildman–Crippen MR) is 95.8 cm³/mol. The summed E-state index contributed by atoms with van der Waals surface area (Å²) in [6.07, 6.45) is 3.10. The molecule has 6 nitrogen and oxygen atoms in total. The van der Waals surface area contributed by atoms with E-state index in [-0.39, 0.29) is 6.03 Å². The average molecular weight is 343 g/mol. The van der Waals surface area contributed by atoms with Crippen molar-refractivity contribution in [3.8, 4) is 5.75 Å². The summed E-state index contributed by atoms with van der Waals surface area (Å²) < 4.78 is 11.4. The Bertz CT molecular complexity index is 749. The second kappa shape index (κ2) is 6.96. The van der Waals surface area contributed by atoms with Crippen molar-refractivity contribution in [2.75, 3.05) is 33.3 Å². The first-order valence-corrected chi connectivity index (χ1v) is 9.07. The van der Waals surface area contributed by atoms with Gasteiger partial charge in [-0.2, -0.15) is 0 Å². The van der Waals surface area contributed by atoms with E-state index in [9.17, 15) is 4.79 Å². The molecule has 2 saturated heterocycles. The van der Waals surface area contributed by atoms with Crippen molar-refractivity contribution in [3.05, 3.63) is 30.0 Å². The standard InChI is InChI=1S/C19H25N3O3/c1-24-17-5-2-4-14-12-16(25-18(14)17)13-21-10-6-15(7-11-21)22-9-3-8-20-19(22)23/h2,4-5,12,15H,3,6-11,13H2,1H3,(H,20,23). The van der Waals surface area contributed by atoms with Crippen LogP contribution in [-0.4, -0.2) is 55.2 Å². The van der Waals surface area contributed by atoms with Gasteiger partial charge in [0, 0.05) is 37.6 Å². The minimum Gasteiger partial charge on any atom is -0.493 e. The maximum Gasteiger partial charge on any atom is 0.317 e. The van der Waals surface area contributed by atoms with Gasteiger partial charge in [-0.15, -0.1) is 0 Å². The van der Waals surface area contributed by atoms with E-state index in [0.717, 1.165) is 74.5 Å². The van der Waals surface area contributed by atoms with Gasteiger partial charge in [-0.05, 0) is 31.4 Å². The van der Waals surface area contributed by atoms with E-state index in [1.54, 1.807) is 7.11 Å². The van der Waals surface area contributed by atoms with Crippen LogP contribution >= 0.6 is 0 Å². The van der Waals surface area contributed by atoms with Crippen molar-refractivity contribution < 1.29 is 13.9 Å². The van der Waals surface area contributed by atoms with E-state index < -0.39 is 0 Å². The number of urea groups is 1. The zero-order chi connectivity index (χ0) is 17.2. The highest BCUT2D eigenvalue weighted by molar-refractivity contribution is 5.83. The van der Waals surface area contributed by atoms with Gasteiger partial charge in [-0.1, -0.05) is 12.1 Å². The highest BCUT2D eigenvalue weighted by Crippen LogP contribution is 2.29. The van der Waals surface area contributed by atoms with Crippen LogP contribution in [0.4, 0.5) is 4.79 Å². The number of nitrogens with one attached hydrogen (secondary N) is 1. The second-order valence-electron chi connectivity index (χ2n) is 6.88. The summed E-state index contributed by atoms with van der Waals surface area (Å²) in [5.74, 6) is 1.74. The van der Waals surface area contributed by atoms with Gasteiger partial charge in [0.1, 0.15) is 5.76 Å². The molecule has 2 fully saturated rings. The topological polar surface area (TPSA) is 58.0 Å². The summed E-state index contributed by atoms with van der Waals surface area (Å²) in [5, 5.41) is 4.03. The fourth-order valence-electron chi connectivity index (χ4n) is 3.93. The van der Waals surface area contributed by atoms with Crippen molar-refractivity contribution in [2.45, 2.75) is 31.8 Å². The molecule has 3 heterocycles. The van der Waals surface area contributed by atoms with E-state index in [1.165, 1.54) is 0 Å². The molecule has 2 aromatic rings. The Balaban J connectivity index is 1.38. The number of piperidine rings is 1. The third-order valence-corrected chi connectivity index (χ3v) is 5.27. The summed E-state index contributed by atoms with van der Waals surface area (Å²) in [5.41, 5.74) is 0.819. The van der Waals surface area contributed by atoms with Crippen LogP contribution in [0.2, 0.25) is 0 Å². The van der Waals surface area contributed by atoms with Crippen molar-refractivity contribution in [2.24, 2.45) is 0 Å². The van der Waals surface area contributed by atoms with Crippen LogP contribution in [0.3, 0.4) is 0 Å². The highest BCUT2D eigenvalue weighted by atomic mass is 16.5. The normalized spacial score (nSPS) is 20.0. The molecular formula is C19H25N3O3. The van der Waals surface area contributed by atoms with E-state index in [0.29, 0.717) is 6.04 Å². The van der Waals surface area contributed by atoms with E-state index in [4.69, 9.17) is 9.15 Å². The van der Waals surface area contributed by atoms with Crippen LogP contribution < -0.4 is 10.1 Å². The molecule has 0 atom stereocenters. The van der Waals surface area contributed by atoms with Gasteiger partial charge in [-0.3, -0.25) is 4.90 Å². The average Bonchev–Trinajstić information content (AvgIpc) is 3.05. The van der Waals surface area contributed by atoms with Crippen LogP contribution in [0.5, 0.6) is 5.75 Å². The number of likely N-dealkylation sites (tertiary alicyclic amines) is 1. The zero-order valence-electron chi connectivity index (χ0n) is 14.7. The highest BCUT2D eigenvalue weighted by Gasteiger charge is 2.29. The largest absolute Gasteiger partial charge is 0.493 e. The number of nitrogens with zero attached hydrogens (tertiary/aromatic N) is 2. The molecule has 1 aromatic carbocycles. The van der Waals surface area contributed by atoms with Gasteiger partial charge in [0.25, 0.3) is 0 Å². The minimum atomic E-state index is 0.106. The molecule has 25 heavy (non-hydrogen) atoms. The molecule has 1 aromatic heterocycles. The number of furan rings is 1. The Morgan fingerprint density at radius 1 is 1.28 bits per heavy atom. The third kappa shape index (κ3) is 3.31. The number of methoxy groups -OCH3 is 1. The molecule has 6 heteroatoms. The Labute approximate surface area is 147 Å². The van der Waals surface area contributed by atoms with Crippen molar-refractivity contribution in [1.82, 2.24) is 15.1 Å². The molecule has 1 N–H and O–H groups in total. The Morgan fingerprint density at radius 2 is 2.12 bits per heavy atom. The van der Waals surface area contributed by atoms with Gasteiger partial charge >= 0.3 is 6.03 Å². The molecule has 0 radical (unpaired) electrons. The predicted octanol–water partition coefficient (Wildman–Crippen LogP) is 2.82. The number of carbonyl (C=O) groups is 1. The van der Waals surface area contributed by atoms with E-state index >= 15 is 0 Å². The molecule has 4 rings (SSSR count). The first-order valence-electron chi connectivity index (χ1n) is 9.07. The van der Waals surface area contributed by atoms with Gasteiger partial charge in [-0.25, -0.2) is 4.79 Å². The molecule has 134 valence electrons. The molecule has 0 spiro atoms.